The van der Waals surface area contributed by atoms with Gasteiger partial charge >= 0.3 is 5.97 Å². The fourth-order valence-corrected chi connectivity index (χ4v) is 4.15. The first kappa shape index (κ1) is 15.9. The summed E-state index contributed by atoms with van der Waals surface area (Å²) in [6, 6.07) is 14.6. The van der Waals surface area contributed by atoms with Crippen LogP contribution in [0.25, 0.3) is 0 Å². The van der Waals surface area contributed by atoms with Crippen molar-refractivity contribution in [2.24, 2.45) is 5.92 Å². The number of rotatable bonds is 3. The van der Waals surface area contributed by atoms with Gasteiger partial charge in [-0.25, -0.2) is 4.79 Å². The molecule has 1 aliphatic carbocycles. The molecule has 1 aliphatic heterocycles. The van der Waals surface area contributed by atoms with E-state index in [1.165, 1.54) is 11.1 Å². The highest BCUT2D eigenvalue weighted by Gasteiger charge is 2.38. The van der Waals surface area contributed by atoms with E-state index in [-0.39, 0.29) is 12.0 Å². The molecule has 2 aromatic rings. The maximum absolute atomic E-state index is 11.3. The van der Waals surface area contributed by atoms with Gasteiger partial charge in [-0.15, -0.1) is 0 Å². The number of carboxylic acids is 1. The predicted molar refractivity (Wildman–Crippen MR) is 100 cm³/mol. The molecule has 0 spiro atoms. The lowest BCUT2D eigenvalue weighted by Crippen LogP contribution is -2.29. The molecule has 0 unspecified atom stereocenters. The molecule has 0 bridgehead atoms. The summed E-state index contributed by atoms with van der Waals surface area (Å²) in [6.07, 6.45) is 5.49. The molecule has 2 aliphatic rings. The Morgan fingerprint density at radius 1 is 1.16 bits per heavy atom. The SMILES string of the molecule is CC(C)c1ccc([C@H]2Nc3ccc(C(=O)O)cc3[C@@H]3C=CC[C@H]23)cc1. The molecule has 0 saturated carbocycles. The molecule has 0 fully saturated rings. The van der Waals surface area contributed by atoms with Crippen molar-refractivity contribution in [3.63, 3.8) is 0 Å². The summed E-state index contributed by atoms with van der Waals surface area (Å²) in [5.41, 5.74) is 5.17. The van der Waals surface area contributed by atoms with Gasteiger partial charge in [-0.05, 0) is 53.1 Å². The van der Waals surface area contributed by atoms with E-state index in [0.717, 1.165) is 17.7 Å². The maximum Gasteiger partial charge on any atom is 0.335 e. The number of nitrogens with one attached hydrogen (secondary N) is 1. The number of anilines is 1. The van der Waals surface area contributed by atoms with Gasteiger partial charge in [0.2, 0.25) is 0 Å². The van der Waals surface area contributed by atoms with Crippen LogP contribution in [0.15, 0.2) is 54.6 Å². The number of aromatic carboxylic acids is 1. The minimum atomic E-state index is -0.868. The lowest BCUT2D eigenvalue weighted by molar-refractivity contribution is 0.0696. The van der Waals surface area contributed by atoms with E-state index in [0.29, 0.717) is 17.4 Å². The van der Waals surface area contributed by atoms with Gasteiger partial charge in [-0.1, -0.05) is 50.3 Å². The number of hydrogen-bond donors (Lipinski definition) is 2. The molecule has 0 amide bonds. The summed E-state index contributed by atoms with van der Waals surface area (Å²) in [4.78, 5) is 11.3. The van der Waals surface area contributed by atoms with Gasteiger partial charge in [0.25, 0.3) is 0 Å². The number of hydrogen-bond acceptors (Lipinski definition) is 2. The van der Waals surface area contributed by atoms with Gasteiger partial charge in [0.15, 0.2) is 0 Å². The van der Waals surface area contributed by atoms with Gasteiger partial charge in [0.1, 0.15) is 0 Å². The van der Waals surface area contributed by atoms with Crippen LogP contribution in [0.4, 0.5) is 5.69 Å². The van der Waals surface area contributed by atoms with E-state index >= 15 is 0 Å². The predicted octanol–water partition coefficient (Wildman–Crippen LogP) is 5.33. The highest BCUT2D eigenvalue weighted by atomic mass is 16.4. The molecule has 4 rings (SSSR count). The number of benzene rings is 2. The zero-order chi connectivity index (χ0) is 17.6. The monoisotopic (exact) mass is 333 g/mol. The Balaban J connectivity index is 1.71. The van der Waals surface area contributed by atoms with Crippen LogP contribution in [-0.2, 0) is 0 Å². The van der Waals surface area contributed by atoms with Crippen molar-refractivity contribution in [1.29, 1.82) is 0 Å². The molecule has 1 heterocycles. The van der Waals surface area contributed by atoms with Crippen molar-refractivity contribution in [3.8, 4) is 0 Å². The third kappa shape index (κ3) is 2.74. The molecule has 2 N–H and O–H groups in total. The van der Waals surface area contributed by atoms with Crippen LogP contribution in [0, 0.1) is 5.92 Å². The Bertz CT molecular complexity index is 836. The minimum absolute atomic E-state index is 0.254. The van der Waals surface area contributed by atoms with E-state index in [1.807, 2.05) is 12.1 Å². The fraction of sp³-hybridized carbons (Fsp3) is 0.318. The highest BCUT2D eigenvalue weighted by Crippen LogP contribution is 2.50. The van der Waals surface area contributed by atoms with Crippen molar-refractivity contribution in [3.05, 3.63) is 76.9 Å². The fourth-order valence-electron chi connectivity index (χ4n) is 4.15. The first-order chi connectivity index (χ1) is 12.0. The zero-order valence-electron chi connectivity index (χ0n) is 14.6. The lowest BCUT2D eigenvalue weighted by Gasteiger charge is -2.37. The maximum atomic E-state index is 11.3. The summed E-state index contributed by atoms with van der Waals surface area (Å²) in [5.74, 6) is 0.379. The summed E-state index contributed by atoms with van der Waals surface area (Å²) < 4.78 is 0. The van der Waals surface area contributed by atoms with E-state index in [1.54, 1.807) is 6.07 Å². The van der Waals surface area contributed by atoms with Crippen LogP contribution in [0.5, 0.6) is 0 Å². The van der Waals surface area contributed by atoms with Gasteiger partial charge in [-0.3, -0.25) is 0 Å². The highest BCUT2D eigenvalue weighted by molar-refractivity contribution is 5.89. The van der Waals surface area contributed by atoms with Crippen LogP contribution < -0.4 is 5.32 Å². The normalized spacial score (nSPS) is 23.9. The summed E-state index contributed by atoms with van der Waals surface area (Å²) >= 11 is 0. The molecule has 128 valence electrons. The topological polar surface area (TPSA) is 49.3 Å². The van der Waals surface area contributed by atoms with Crippen LogP contribution in [0.2, 0.25) is 0 Å². The van der Waals surface area contributed by atoms with Crippen LogP contribution in [0.3, 0.4) is 0 Å². The van der Waals surface area contributed by atoms with Crippen LogP contribution >= 0.6 is 0 Å². The average molecular weight is 333 g/mol. The first-order valence-corrected chi connectivity index (χ1v) is 8.95. The molecular formula is C22H23NO2. The molecule has 25 heavy (non-hydrogen) atoms. The smallest absolute Gasteiger partial charge is 0.335 e. The second-order valence-corrected chi connectivity index (χ2v) is 7.40. The van der Waals surface area contributed by atoms with Crippen molar-refractivity contribution in [2.75, 3.05) is 5.32 Å². The Morgan fingerprint density at radius 2 is 1.92 bits per heavy atom. The summed E-state index contributed by atoms with van der Waals surface area (Å²) in [5, 5.41) is 13.0. The quantitative estimate of drug-likeness (QED) is 0.746. The van der Waals surface area contributed by atoms with Gasteiger partial charge in [0, 0.05) is 11.6 Å². The van der Waals surface area contributed by atoms with Gasteiger partial charge in [0.05, 0.1) is 11.6 Å². The summed E-state index contributed by atoms with van der Waals surface area (Å²) in [7, 11) is 0. The van der Waals surface area contributed by atoms with Gasteiger partial charge in [-0.2, -0.15) is 0 Å². The van der Waals surface area contributed by atoms with Crippen molar-refractivity contribution in [1.82, 2.24) is 0 Å². The van der Waals surface area contributed by atoms with Crippen molar-refractivity contribution in [2.45, 2.75) is 38.1 Å². The molecular weight excluding hydrogens is 310 g/mol. The van der Waals surface area contributed by atoms with Crippen molar-refractivity contribution < 1.29 is 9.90 Å². The minimum Gasteiger partial charge on any atom is -0.478 e. The van der Waals surface area contributed by atoms with Gasteiger partial charge < -0.3 is 10.4 Å². The second kappa shape index (κ2) is 6.07. The van der Waals surface area contributed by atoms with Crippen molar-refractivity contribution >= 4 is 11.7 Å². The standard InChI is InChI=1S/C22H23NO2/c1-13(2)14-6-8-15(9-7-14)21-18-5-3-4-17(18)19-12-16(22(24)25)10-11-20(19)23-21/h3-4,6-13,17-18,21,23H,5H2,1-2H3,(H,24,25)/t17-,18+,21-/m1/s1. The largest absolute Gasteiger partial charge is 0.478 e. The Morgan fingerprint density at radius 3 is 2.60 bits per heavy atom. The van der Waals surface area contributed by atoms with E-state index in [9.17, 15) is 9.90 Å². The number of carboxylic acid groups (broad SMARTS) is 1. The molecule has 0 radical (unpaired) electrons. The number of allylic oxidation sites excluding steroid dienone is 2. The molecule has 3 atom stereocenters. The Labute approximate surface area is 148 Å². The first-order valence-electron chi connectivity index (χ1n) is 8.95. The Hall–Kier alpha value is -2.55. The molecule has 2 aromatic carbocycles. The average Bonchev–Trinajstić information content (AvgIpc) is 3.10. The number of fused-ring (bicyclic) bond motifs is 3. The molecule has 0 aromatic heterocycles. The lowest BCUT2D eigenvalue weighted by atomic mass is 9.76. The third-order valence-corrected chi connectivity index (χ3v) is 5.57. The van der Waals surface area contributed by atoms with Crippen LogP contribution in [-0.4, -0.2) is 11.1 Å². The van der Waals surface area contributed by atoms with Crippen LogP contribution in [0.1, 0.15) is 65.2 Å². The van der Waals surface area contributed by atoms with E-state index in [2.05, 4.69) is 55.6 Å². The van der Waals surface area contributed by atoms with E-state index in [4.69, 9.17) is 0 Å². The molecule has 3 heteroatoms. The molecule has 3 nitrogen and oxygen atoms in total. The zero-order valence-corrected chi connectivity index (χ0v) is 14.6. The second-order valence-electron chi connectivity index (χ2n) is 7.40. The number of carbonyl (C=O) groups is 1. The Kier molecular flexibility index (Phi) is 3.87. The summed E-state index contributed by atoms with van der Waals surface area (Å²) in [6.45, 7) is 4.42. The molecule has 0 saturated heterocycles. The van der Waals surface area contributed by atoms with E-state index < -0.39 is 5.97 Å². The third-order valence-electron chi connectivity index (χ3n) is 5.57.